The van der Waals surface area contributed by atoms with Crippen LogP contribution in [0, 0.1) is 11.6 Å². The van der Waals surface area contributed by atoms with Crippen molar-refractivity contribution in [1.29, 1.82) is 0 Å². The van der Waals surface area contributed by atoms with Crippen molar-refractivity contribution in [2.45, 2.75) is 0 Å². The Morgan fingerprint density at radius 3 is 2.89 bits per heavy atom. The summed E-state index contributed by atoms with van der Waals surface area (Å²) >= 11 is 6.59. The van der Waals surface area contributed by atoms with Gasteiger partial charge in [0.15, 0.2) is 11.0 Å². The molecule has 2 rings (SSSR count). The van der Waals surface area contributed by atoms with Crippen molar-refractivity contribution in [1.82, 2.24) is 5.32 Å². The number of halogens is 3. The Morgan fingerprint density at radius 1 is 1.44 bits per heavy atom. The summed E-state index contributed by atoms with van der Waals surface area (Å²) in [5.74, 6) is -1.62. The van der Waals surface area contributed by atoms with Crippen molar-refractivity contribution in [3.8, 4) is 0 Å². The number of carbonyl (C=O) groups excluding carboxylic acids is 1. The van der Waals surface area contributed by atoms with Crippen LogP contribution in [0.25, 0.3) is 0 Å². The number of hydrogen-bond donors (Lipinski definition) is 1. The van der Waals surface area contributed by atoms with Crippen LogP contribution in [0.15, 0.2) is 22.3 Å². The summed E-state index contributed by atoms with van der Waals surface area (Å²) in [5.41, 5.74) is 0.0140. The Morgan fingerprint density at radius 2 is 2.22 bits per heavy atom. The molecular weight excluding hydrogens is 284 g/mol. The summed E-state index contributed by atoms with van der Waals surface area (Å²) in [4.78, 5) is 10.8. The molecule has 0 radical (unpaired) electrons. The molecule has 1 aromatic rings. The monoisotopic (exact) mass is 289 g/mol. The van der Waals surface area contributed by atoms with Gasteiger partial charge in [0.1, 0.15) is 10.8 Å². The van der Waals surface area contributed by atoms with Gasteiger partial charge < -0.3 is 5.32 Å². The Hall–Kier alpha value is -1.47. The number of rotatable bonds is 2. The van der Waals surface area contributed by atoms with E-state index in [9.17, 15) is 13.6 Å². The fraction of sp³-hybridized carbons (Fsp3) is 0.100. The zero-order chi connectivity index (χ0) is 13.1. The Balaban J connectivity index is 2.15. The first kappa shape index (κ1) is 13.0. The number of benzene rings is 1. The summed E-state index contributed by atoms with van der Waals surface area (Å²) in [6, 6.07) is 2.23. The molecule has 94 valence electrons. The molecule has 1 heterocycles. The van der Waals surface area contributed by atoms with Crippen LogP contribution >= 0.6 is 23.4 Å². The Kier molecular flexibility index (Phi) is 3.93. The molecule has 1 aliphatic heterocycles. The van der Waals surface area contributed by atoms with Gasteiger partial charge in [-0.1, -0.05) is 23.4 Å². The first-order chi connectivity index (χ1) is 8.58. The fourth-order valence-electron chi connectivity index (χ4n) is 1.16. The van der Waals surface area contributed by atoms with Gasteiger partial charge in [-0.25, -0.2) is 8.78 Å². The molecule has 1 fully saturated rings. The van der Waals surface area contributed by atoms with Gasteiger partial charge in [-0.05, 0) is 12.1 Å². The maximum atomic E-state index is 13.4. The number of amides is 1. The van der Waals surface area contributed by atoms with E-state index in [1.54, 1.807) is 0 Å². The third-order valence-corrected chi connectivity index (χ3v) is 3.21. The van der Waals surface area contributed by atoms with E-state index in [1.165, 1.54) is 17.8 Å². The average Bonchev–Trinajstić information content (AvgIpc) is 2.75. The van der Waals surface area contributed by atoms with Crippen molar-refractivity contribution in [2.24, 2.45) is 10.2 Å². The van der Waals surface area contributed by atoms with Gasteiger partial charge in [0.2, 0.25) is 5.91 Å². The number of nitrogens with one attached hydrogen (secondary N) is 1. The highest BCUT2D eigenvalue weighted by molar-refractivity contribution is 8.15. The first-order valence-corrected chi connectivity index (χ1v) is 6.11. The molecule has 0 spiro atoms. The standard InChI is InChI=1S/C10H6ClF2N3OS/c11-8-6(12)2-1-5(9(8)13)3-14-16-10-15-7(17)4-18-10/h1-3H,4H2,(H,15,16,17). The molecule has 0 aromatic heterocycles. The second kappa shape index (κ2) is 5.45. The molecule has 4 nitrogen and oxygen atoms in total. The number of nitrogens with zero attached hydrogens (tertiary/aromatic N) is 2. The molecule has 8 heteroatoms. The number of carbonyl (C=O) groups is 1. The molecule has 1 N–H and O–H groups in total. The van der Waals surface area contributed by atoms with Crippen LogP contribution < -0.4 is 5.32 Å². The lowest BCUT2D eigenvalue weighted by Gasteiger charge is -1.99. The molecule has 1 aromatic carbocycles. The Bertz CT molecular complexity index is 562. The molecule has 1 amide bonds. The highest BCUT2D eigenvalue weighted by Crippen LogP contribution is 2.20. The van der Waals surface area contributed by atoms with E-state index in [0.29, 0.717) is 5.17 Å². The van der Waals surface area contributed by atoms with Gasteiger partial charge >= 0.3 is 0 Å². The molecular formula is C10H6ClF2N3OS. The maximum absolute atomic E-state index is 13.4. The van der Waals surface area contributed by atoms with Crippen molar-refractivity contribution in [2.75, 3.05) is 5.75 Å². The molecule has 0 bridgehead atoms. The fourth-order valence-corrected chi connectivity index (χ4v) is 1.97. The summed E-state index contributed by atoms with van der Waals surface area (Å²) < 4.78 is 26.3. The Labute approximate surface area is 110 Å². The zero-order valence-corrected chi connectivity index (χ0v) is 10.4. The second-order valence-electron chi connectivity index (χ2n) is 3.25. The lowest BCUT2D eigenvalue weighted by molar-refractivity contribution is -0.116. The first-order valence-electron chi connectivity index (χ1n) is 4.75. The van der Waals surface area contributed by atoms with Crippen LogP contribution in [-0.2, 0) is 4.79 Å². The van der Waals surface area contributed by atoms with E-state index in [-0.39, 0.29) is 17.2 Å². The van der Waals surface area contributed by atoms with Crippen LogP contribution in [0.5, 0.6) is 0 Å². The van der Waals surface area contributed by atoms with Crippen molar-refractivity contribution < 1.29 is 13.6 Å². The normalized spacial score (nSPS) is 17.7. The minimum Gasteiger partial charge on any atom is -0.303 e. The molecule has 0 atom stereocenters. The van der Waals surface area contributed by atoms with E-state index in [0.717, 1.165) is 12.3 Å². The van der Waals surface area contributed by atoms with Gasteiger partial charge in [-0.3, -0.25) is 4.79 Å². The minimum atomic E-state index is -0.899. The number of hydrogen-bond acceptors (Lipinski definition) is 4. The maximum Gasteiger partial charge on any atom is 0.236 e. The average molecular weight is 290 g/mol. The lowest BCUT2D eigenvalue weighted by Crippen LogP contribution is -2.19. The number of amidine groups is 1. The van der Waals surface area contributed by atoms with E-state index >= 15 is 0 Å². The number of thioether (sulfide) groups is 1. The van der Waals surface area contributed by atoms with E-state index in [1.807, 2.05) is 0 Å². The smallest absolute Gasteiger partial charge is 0.236 e. The molecule has 18 heavy (non-hydrogen) atoms. The largest absolute Gasteiger partial charge is 0.303 e. The predicted octanol–water partition coefficient (Wildman–Crippen LogP) is 2.17. The van der Waals surface area contributed by atoms with Gasteiger partial charge in [-0.15, -0.1) is 5.10 Å². The minimum absolute atomic E-state index is 0.0140. The van der Waals surface area contributed by atoms with Crippen molar-refractivity contribution >= 4 is 40.7 Å². The van der Waals surface area contributed by atoms with Crippen LogP contribution in [-0.4, -0.2) is 23.0 Å². The van der Waals surface area contributed by atoms with Crippen LogP contribution in [0.2, 0.25) is 5.02 Å². The summed E-state index contributed by atoms with van der Waals surface area (Å²) in [6.45, 7) is 0. The lowest BCUT2D eigenvalue weighted by atomic mass is 10.2. The molecule has 1 aliphatic rings. The highest BCUT2D eigenvalue weighted by Gasteiger charge is 2.16. The predicted molar refractivity (Wildman–Crippen MR) is 67.0 cm³/mol. The van der Waals surface area contributed by atoms with Crippen LogP contribution in [0.4, 0.5) is 8.78 Å². The van der Waals surface area contributed by atoms with Gasteiger partial charge in [-0.2, -0.15) is 5.10 Å². The quantitative estimate of drug-likeness (QED) is 0.515. The van der Waals surface area contributed by atoms with E-state index in [2.05, 4.69) is 15.5 Å². The molecule has 0 saturated carbocycles. The van der Waals surface area contributed by atoms with E-state index < -0.39 is 16.7 Å². The zero-order valence-electron chi connectivity index (χ0n) is 8.78. The van der Waals surface area contributed by atoms with E-state index in [4.69, 9.17) is 11.6 Å². The summed E-state index contributed by atoms with van der Waals surface area (Å²) in [6.07, 6.45) is 1.10. The van der Waals surface area contributed by atoms with Crippen LogP contribution in [0.3, 0.4) is 0 Å². The SMILES string of the molecule is O=C1CSC(=NN=Cc2ccc(F)c(Cl)c2F)N1. The van der Waals surface area contributed by atoms with Gasteiger partial charge in [0.25, 0.3) is 0 Å². The second-order valence-corrected chi connectivity index (χ2v) is 4.59. The van der Waals surface area contributed by atoms with Crippen molar-refractivity contribution in [3.63, 3.8) is 0 Å². The topological polar surface area (TPSA) is 53.8 Å². The summed E-state index contributed by atoms with van der Waals surface area (Å²) in [7, 11) is 0. The summed E-state index contributed by atoms with van der Waals surface area (Å²) in [5, 5.41) is 9.48. The van der Waals surface area contributed by atoms with Crippen molar-refractivity contribution in [3.05, 3.63) is 34.4 Å². The molecule has 0 aliphatic carbocycles. The third kappa shape index (κ3) is 2.85. The third-order valence-electron chi connectivity index (χ3n) is 2.00. The highest BCUT2D eigenvalue weighted by atomic mass is 35.5. The van der Waals surface area contributed by atoms with Gasteiger partial charge in [0.05, 0.1) is 12.0 Å². The van der Waals surface area contributed by atoms with Gasteiger partial charge in [0, 0.05) is 5.56 Å². The molecule has 0 unspecified atom stereocenters. The molecule has 1 saturated heterocycles. The van der Waals surface area contributed by atoms with Crippen LogP contribution in [0.1, 0.15) is 5.56 Å².